The van der Waals surface area contributed by atoms with Gasteiger partial charge in [0.2, 0.25) is 5.75 Å². The first-order valence-corrected chi connectivity index (χ1v) is 9.37. The summed E-state index contributed by atoms with van der Waals surface area (Å²) in [6.45, 7) is 0. The quantitative estimate of drug-likeness (QED) is 0.208. The Hall–Kier alpha value is -3.32. The van der Waals surface area contributed by atoms with E-state index >= 15 is 0 Å². The average molecular weight is 516 g/mol. The van der Waals surface area contributed by atoms with E-state index in [9.17, 15) is 32.9 Å². The first-order chi connectivity index (χ1) is 14.5. The number of thiocarbonyl (C=S) groups is 1. The Morgan fingerprint density at radius 1 is 1.06 bits per heavy atom. The highest BCUT2D eigenvalue weighted by Gasteiger charge is 2.33. The van der Waals surface area contributed by atoms with Crippen molar-refractivity contribution in [2.45, 2.75) is 6.18 Å². The SMILES string of the molecule is O=C1NC(=S)NC(=O)C1=Cc1cc(Br)ccc1Oc1ccc(C(F)(F)F)cc1[N+](=O)[O-]. The highest BCUT2D eigenvalue weighted by Crippen LogP contribution is 2.39. The molecular weight excluding hydrogens is 507 g/mol. The zero-order valence-electron chi connectivity index (χ0n) is 15.0. The number of benzene rings is 2. The molecule has 0 saturated carbocycles. The number of amides is 2. The summed E-state index contributed by atoms with van der Waals surface area (Å²) in [6, 6.07) is 6.13. The summed E-state index contributed by atoms with van der Waals surface area (Å²) < 4.78 is 44.7. The molecule has 1 aliphatic heterocycles. The van der Waals surface area contributed by atoms with Crippen LogP contribution in [-0.2, 0) is 15.8 Å². The van der Waals surface area contributed by atoms with Crippen molar-refractivity contribution >= 4 is 56.8 Å². The number of nitrogens with one attached hydrogen (secondary N) is 2. The number of nitro benzene ring substituents is 1. The number of carbonyl (C=O) groups excluding carboxylic acids is 2. The Morgan fingerprint density at radius 3 is 2.26 bits per heavy atom. The van der Waals surface area contributed by atoms with E-state index in [-0.39, 0.29) is 22.0 Å². The molecule has 0 atom stereocenters. The van der Waals surface area contributed by atoms with E-state index in [1.165, 1.54) is 18.2 Å². The van der Waals surface area contributed by atoms with Crippen LogP contribution in [0, 0.1) is 10.1 Å². The maximum Gasteiger partial charge on any atom is 0.416 e. The van der Waals surface area contributed by atoms with Gasteiger partial charge >= 0.3 is 11.9 Å². The van der Waals surface area contributed by atoms with E-state index in [0.717, 1.165) is 12.1 Å². The van der Waals surface area contributed by atoms with Crippen LogP contribution in [0.15, 0.2) is 46.4 Å². The third-order valence-electron chi connectivity index (χ3n) is 3.92. The number of hydrogen-bond acceptors (Lipinski definition) is 6. The van der Waals surface area contributed by atoms with Crippen molar-refractivity contribution in [3.63, 3.8) is 0 Å². The van der Waals surface area contributed by atoms with Crippen molar-refractivity contribution < 1.29 is 32.4 Å². The minimum Gasteiger partial charge on any atom is -0.449 e. The summed E-state index contributed by atoms with van der Waals surface area (Å²) in [5.74, 6) is -2.06. The van der Waals surface area contributed by atoms with Gasteiger partial charge in [0.15, 0.2) is 5.11 Å². The van der Waals surface area contributed by atoms with Crippen LogP contribution < -0.4 is 15.4 Å². The molecule has 13 heteroatoms. The predicted molar refractivity (Wildman–Crippen MR) is 109 cm³/mol. The number of nitrogens with zero attached hydrogens (tertiary/aromatic N) is 1. The Kier molecular flexibility index (Phi) is 6.08. The van der Waals surface area contributed by atoms with Crippen LogP contribution in [0.5, 0.6) is 11.5 Å². The van der Waals surface area contributed by atoms with Crippen molar-refractivity contribution in [3.8, 4) is 11.5 Å². The Labute approximate surface area is 185 Å². The fourth-order valence-electron chi connectivity index (χ4n) is 2.53. The largest absolute Gasteiger partial charge is 0.449 e. The number of halogens is 4. The monoisotopic (exact) mass is 515 g/mol. The van der Waals surface area contributed by atoms with Crippen molar-refractivity contribution in [2.24, 2.45) is 0 Å². The number of rotatable bonds is 4. The van der Waals surface area contributed by atoms with E-state index in [2.05, 4.69) is 26.6 Å². The molecule has 1 saturated heterocycles. The molecule has 2 aromatic carbocycles. The first kappa shape index (κ1) is 22.4. The van der Waals surface area contributed by atoms with Gasteiger partial charge in [-0.1, -0.05) is 15.9 Å². The molecular formula is C18H9BrF3N3O5S. The summed E-state index contributed by atoms with van der Waals surface area (Å²) in [5.41, 5.74) is -2.29. The third kappa shape index (κ3) is 5.06. The molecule has 0 unspecified atom stereocenters. The summed E-state index contributed by atoms with van der Waals surface area (Å²) in [7, 11) is 0. The van der Waals surface area contributed by atoms with Crippen molar-refractivity contribution in [1.82, 2.24) is 10.6 Å². The zero-order chi connectivity index (χ0) is 22.9. The molecule has 2 aromatic rings. The third-order valence-corrected chi connectivity index (χ3v) is 4.62. The summed E-state index contributed by atoms with van der Waals surface area (Å²) in [4.78, 5) is 34.4. The van der Waals surface area contributed by atoms with Gasteiger partial charge < -0.3 is 4.74 Å². The Morgan fingerprint density at radius 2 is 1.68 bits per heavy atom. The lowest BCUT2D eigenvalue weighted by Gasteiger charge is -2.17. The second-order valence-electron chi connectivity index (χ2n) is 6.02. The van der Waals surface area contributed by atoms with Crippen LogP contribution in [0.4, 0.5) is 18.9 Å². The highest BCUT2D eigenvalue weighted by molar-refractivity contribution is 9.10. The number of nitro groups is 1. The predicted octanol–water partition coefficient (Wildman–Crippen LogP) is 4.08. The lowest BCUT2D eigenvalue weighted by molar-refractivity contribution is -0.385. The molecule has 3 rings (SSSR count). The molecule has 1 heterocycles. The standard InChI is InChI=1S/C18H9BrF3N3O5S/c19-10-2-4-13(8(5-10)6-11-15(26)23-17(31)24-16(11)27)30-14-3-1-9(18(20,21)22)7-12(14)25(28)29/h1-7H,(H2,23,24,26,27,31). The molecule has 0 spiro atoms. The number of ether oxygens (including phenoxy) is 1. The minimum absolute atomic E-state index is 0.0488. The maximum absolute atomic E-state index is 12.9. The van der Waals surface area contributed by atoms with Gasteiger partial charge in [0.25, 0.3) is 11.8 Å². The van der Waals surface area contributed by atoms with Crippen molar-refractivity contribution in [1.29, 1.82) is 0 Å². The molecule has 2 N–H and O–H groups in total. The summed E-state index contributed by atoms with van der Waals surface area (Å²) in [6.07, 6.45) is -3.62. The molecule has 160 valence electrons. The van der Waals surface area contributed by atoms with Crippen LogP contribution in [0.1, 0.15) is 11.1 Å². The van der Waals surface area contributed by atoms with E-state index in [4.69, 9.17) is 17.0 Å². The lowest BCUT2D eigenvalue weighted by atomic mass is 10.1. The topological polar surface area (TPSA) is 111 Å². The van der Waals surface area contributed by atoms with Gasteiger partial charge in [-0.25, -0.2) is 0 Å². The fraction of sp³-hybridized carbons (Fsp3) is 0.0556. The summed E-state index contributed by atoms with van der Waals surface area (Å²) in [5, 5.41) is 15.6. The van der Waals surface area contributed by atoms with E-state index in [1.54, 1.807) is 0 Å². The van der Waals surface area contributed by atoms with Crippen molar-refractivity contribution in [3.05, 3.63) is 67.7 Å². The van der Waals surface area contributed by atoms with Gasteiger partial charge in [0, 0.05) is 16.1 Å². The van der Waals surface area contributed by atoms with Gasteiger partial charge in [-0.2, -0.15) is 13.2 Å². The lowest BCUT2D eigenvalue weighted by Crippen LogP contribution is -2.51. The first-order valence-electron chi connectivity index (χ1n) is 8.17. The van der Waals surface area contributed by atoms with Crippen LogP contribution in [-0.4, -0.2) is 21.9 Å². The highest BCUT2D eigenvalue weighted by atomic mass is 79.9. The smallest absolute Gasteiger partial charge is 0.416 e. The van der Waals surface area contributed by atoms with Crippen molar-refractivity contribution in [2.75, 3.05) is 0 Å². The molecule has 0 aromatic heterocycles. The minimum atomic E-state index is -4.78. The molecule has 1 aliphatic rings. The zero-order valence-corrected chi connectivity index (χ0v) is 17.4. The molecule has 1 fully saturated rings. The number of carbonyl (C=O) groups is 2. The van der Waals surface area contributed by atoms with Gasteiger partial charge in [-0.15, -0.1) is 0 Å². The molecule has 31 heavy (non-hydrogen) atoms. The van der Waals surface area contributed by atoms with Crippen LogP contribution in [0.3, 0.4) is 0 Å². The molecule has 0 radical (unpaired) electrons. The second kappa shape index (κ2) is 8.43. The van der Waals surface area contributed by atoms with E-state index in [0.29, 0.717) is 16.6 Å². The van der Waals surface area contributed by atoms with E-state index < -0.39 is 39.9 Å². The van der Waals surface area contributed by atoms with Crippen LogP contribution in [0.2, 0.25) is 0 Å². The molecule has 0 bridgehead atoms. The summed E-state index contributed by atoms with van der Waals surface area (Å²) >= 11 is 7.93. The van der Waals surface area contributed by atoms with Gasteiger partial charge in [0.1, 0.15) is 11.3 Å². The maximum atomic E-state index is 12.9. The molecule has 0 aliphatic carbocycles. The van der Waals surface area contributed by atoms with Crippen LogP contribution in [0.25, 0.3) is 6.08 Å². The van der Waals surface area contributed by atoms with Gasteiger partial charge in [-0.05, 0) is 48.6 Å². The van der Waals surface area contributed by atoms with E-state index in [1.807, 2.05) is 0 Å². The van der Waals surface area contributed by atoms with Gasteiger partial charge in [0.05, 0.1) is 10.5 Å². The normalized spacial score (nSPS) is 14.1. The molecule has 8 nitrogen and oxygen atoms in total. The number of hydrogen-bond donors (Lipinski definition) is 2. The molecule has 2 amide bonds. The average Bonchev–Trinajstić information content (AvgIpc) is 2.65. The fourth-order valence-corrected chi connectivity index (χ4v) is 3.09. The Balaban J connectivity index is 2.05. The Bertz CT molecular complexity index is 1140. The second-order valence-corrected chi connectivity index (χ2v) is 7.34. The van der Waals surface area contributed by atoms with Crippen LogP contribution >= 0.6 is 28.1 Å². The van der Waals surface area contributed by atoms with Gasteiger partial charge in [-0.3, -0.25) is 30.3 Å². The number of alkyl halides is 3.